The molecule has 2 aromatic carbocycles. The fraction of sp³-hybridized carbons (Fsp3) is 0.0556. The molecule has 1 aromatic heterocycles. The Balaban J connectivity index is 1.63. The third-order valence-electron chi connectivity index (χ3n) is 3.55. The van der Waals surface area contributed by atoms with Crippen LogP contribution >= 0.6 is 0 Å². The molecule has 138 valence electrons. The number of anilines is 2. The van der Waals surface area contributed by atoms with Gasteiger partial charge in [-0.25, -0.2) is 27.5 Å². The largest absolute Gasteiger partial charge is 0.347 e. The van der Waals surface area contributed by atoms with Crippen molar-refractivity contribution < 1.29 is 22.4 Å². The lowest BCUT2D eigenvalue weighted by Gasteiger charge is -2.08. The van der Waals surface area contributed by atoms with Crippen LogP contribution in [0.1, 0.15) is 16.1 Å². The number of rotatable bonds is 5. The van der Waals surface area contributed by atoms with Crippen molar-refractivity contribution in [2.75, 3.05) is 5.32 Å². The highest BCUT2D eigenvalue weighted by Crippen LogP contribution is 2.22. The Morgan fingerprint density at radius 2 is 1.63 bits per heavy atom. The first-order chi connectivity index (χ1) is 12.9. The van der Waals surface area contributed by atoms with Crippen LogP contribution in [0.4, 0.5) is 29.1 Å². The molecule has 3 aromatic rings. The quantitative estimate of drug-likeness (QED) is 0.526. The van der Waals surface area contributed by atoms with Crippen molar-refractivity contribution in [3.63, 3.8) is 0 Å². The van der Waals surface area contributed by atoms with Crippen molar-refractivity contribution in [1.82, 2.24) is 15.3 Å². The molecule has 1 amide bonds. The molecule has 0 saturated carbocycles. The summed E-state index contributed by atoms with van der Waals surface area (Å²) in [5.74, 6) is -5.16. The van der Waals surface area contributed by atoms with Gasteiger partial charge in [-0.15, -0.1) is 0 Å². The topological polar surface area (TPSA) is 66.9 Å². The zero-order valence-corrected chi connectivity index (χ0v) is 13.6. The van der Waals surface area contributed by atoms with E-state index in [9.17, 15) is 22.4 Å². The van der Waals surface area contributed by atoms with Crippen LogP contribution in [0, 0.1) is 23.3 Å². The van der Waals surface area contributed by atoms with E-state index in [4.69, 9.17) is 0 Å². The molecule has 0 saturated heterocycles. The monoisotopic (exact) mass is 376 g/mol. The van der Waals surface area contributed by atoms with Gasteiger partial charge in [0, 0.05) is 6.54 Å². The highest BCUT2D eigenvalue weighted by molar-refractivity contribution is 5.92. The summed E-state index contributed by atoms with van der Waals surface area (Å²) in [5, 5.41) is 5.04. The molecule has 0 atom stereocenters. The Hall–Kier alpha value is -3.49. The van der Waals surface area contributed by atoms with E-state index in [0.29, 0.717) is 5.56 Å². The third kappa shape index (κ3) is 4.38. The number of hydrogen-bond donors (Lipinski definition) is 2. The van der Waals surface area contributed by atoms with E-state index in [1.54, 1.807) is 0 Å². The highest BCUT2D eigenvalue weighted by Gasteiger charge is 2.14. The molecule has 0 bridgehead atoms. The molecule has 0 spiro atoms. The van der Waals surface area contributed by atoms with E-state index in [1.807, 2.05) is 0 Å². The van der Waals surface area contributed by atoms with Gasteiger partial charge < -0.3 is 10.6 Å². The van der Waals surface area contributed by atoms with Crippen LogP contribution in [-0.4, -0.2) is 15.9 Å². The first-order valence-electron chi connectivity index (χ1n) is 7.69. The lowest BCUT2D eigenvalue weighted by molar-refractivity contribution is 0.0945. The molecule has 1 heterocycles. The van der Waals surface area contributed by atoms with Gasteiger partial charge in [-0.3, -0.25) is 4.79 Å². The van der Waals surface area contributed by atoms with Crippen LogP contribution in [0.3, 0.4) is 0 Å². The van der Waals surface area contributed by atoms with Gasteiger partial charge in [-0.2, -0.15) is 0 Å². The molecule has 2 N–H and O–H groups in total. The molecule has 0 unspecified atom stereocenters. The Bertz CT molecular complexity index is 962. The van der Waals surface area contributed by atoms with Gasteiger partial charge in [-0.1, -0.05) is 12.1 Å². The Morgan fingerprint density at radius 1 is 0.889 bits per heavy atom. The minimum atomic E-state index is -1.61. The summed E-state index contributed by atoms with van der Waals surface area (Å²) in [6.07, 6.45) is 2.29. The van der Waals surface area contributed by atoms with Crippen molar-refractivity contribution >= 4 is 17.4 Å². The van der Waals surface area contributed by atoms with Gasteiger partial charge in [0.15, 0.2) is 17.5 Å². The number of aromatic nitrogens is 2. The molecule has 0 aliphatic carbocycles. The summed E-state index contributed by atoms with van der Waals surface area (Å²) >= 11 is 0. The first kappa shape index (κ1) is 18.3. The molecule has 9 heteroatoms. The summed E-state index contributed by atoms with van der Waals surface area (Å²) in [7, 11) is 0. The van der Waals surface area contributed by atoms with E-state index in [0.717, 1.165) is 24.5 Å². The molecule has 3 rings (SSSR count). The summed E-state index contributed by atoms with van der Waals surface area (Å²) in [6, 6.07) is 7.40. The van der Waals surface area contributed by atoms with Crippen LogP contribution in [0.2, 0.25) is 0 Å². The summed E-state index contributed by atoms with van der Waals surface area (Å²) in [5.41, 5.74) is 0.370. The second kappa shape index (κ2) is 7.81. The Kier molecular flexibility index (Phi) is 5.30. The van der Waals surface area contributed by atoms with Crippen LogP contribution < -0.4 is 10.6 Å². The molecule has 0 fully saturated rings. The minimum Gasteiger partial charge on any atom is -0.347 e. The molecule has 0 aliphatic rings. The number of nitrogens with one attached hydrogen (secondary N) is 2. The van der Waals surface area contributed by atoms with E-state index in [1.165, 1.54) is 24.3 Å². The fourth-order valence-electron chi connectivity index (χ4n) is 2.15. The average Bonchev–Trinajstić information content (AvgIpc) is 2.68. The molecule has 0 aliphatic heterocycles. The van der Waals surface area contributed by atoms with Gasteiger partial charge in [0.05, 0.1) is 18.1 Å². The van der Waals surface area contributed by atoms with Crippen molar-refractivity contribution in [2.24, 2.45) is 0 Å². The molecular weight excluding hydrogens is 364 g/mol. The van der Waals surface area contributed by atoms with Crippen LogP contribution in [0.25, 0.3) is 0 Å². The number of carbonyl (C=O) groups excluding carboxylic acids is 1. The molecule has 27 heavy (non-hydrogen) atoms. The van der Waals surface area contributed by atoms with E-state index >= 15 is 0 Å². The van der Waals surface area contributed by atoms with Gasteiger partial charge >= 0.3 is 0 Å². The van der Waals surface area contributed by atoms with Crippen LogP contribution in [0.15, 0.2) is 48.8 Å². The Labute approximate surface area is 151 Å². The van der Waals surface area contributed by atoms with E-state index < -0.39 is 23.4 Å². The van der Waals surface area contributed by atoms with Crippen molar-refractivity contribution in [2.45, 2.75) is 6.54 Å². The summed E-state index contributed by atoms with van der Waals surface area (Å²) in [6.45, 7) is 0.168. The maximum atomic E-state index is 13.6. The van der Waals surface area contributed by atoms with Gasteiger partial charge in [0.2, 0.25) is 0 Å². The first-order valence-corrected chi connectivity index (χ1v) is 7.69. The second-order valence-electron chi connectivity index (χ2n) is 5.44. The zero-order valence-electron chi connectivity index (χ0n) is 13.6. The normalized spacial score (nSPS) is 10.5. The fourth-order valence-corrected chi connectivity index (χ4v) is 2.15. The molecule has 5 nitrogen and oxygen atoms in total. The van der Waals surface area contributed by atoms with E-state index in [-0.39, 0.29) is 29.6 Å². The minimum absolute atomic E-state index is 0.00609. The SMILES string of the molecule is O=C(NCc1ccc(F)cc1)c1cnc(Nc2ccc(F)c(F)c2F)cn1. The van der Waals surface area contributed by atoms with Gasteiger partial charge in [0.1, 0.15) is 17.3 Å². The number of carbonyl (C=O) groups is 1. The highest BCUT2D eigenvalue weighted by atomic mass is 19.2. The smallest absolute Gasteiger partial charge is 0.271 e. The van der Waals surface area contributed by atoms with Crippen molar-refractivity contribution in [3.8, 4) is 0 Å². The van der Waals surface area contributed by atoms with Gasteiger partial charge in [0.25, 0.3) is 5.91 Å². The number of nitrogens with zero attached hydrogens (tertiary/aromatic N) is 2. The average molecular weight is 376 g/mol. The maximum absolute atomic E-state index is 13.6. The molecular formula is C18H12F4N4O. The summed E-state index contributed by atoms with van der Waals surface area (Å²) in [4.78, 5) is 19.8. The zero-order chi connectivity index (χ0) is 19.4. The maximum Gasteiger partial charge on any atom is 0.271 e. The van der Waals surface area contributed by atoms with Crippen LogP contribution in [0.5, 0.6) is 0 Å². The predicted octanol–water partition coefficient (Wildman–Crippen LogP) is 3.71. The van der Waals surface area contributed by atoms with Crippen LogP contribution in [-0.2, 0) is 6.54 Å². The summed E-state index contributed by atoms with van der Waals surface area (Å²) < 4.78 is 52.6. The second-order valence-corrected chi connectivity index (χ2v) is 5.44. The predicted molar refractivity (Wildman–Crippen MR) is 89.2 cm³/mol. The Morgan fingerprint density at radius 3 is 2.30 bits per heavy atom. The number of halogens is 4. The standard InChI is InChI=1S/C18H12F4N4O/c19-11-3-1-10(2-4-11)7-25-18(27)14-8-24-15(9-23-14)26-13-6-5-12(20)16(21)17(13)22/h1-6,8-9H,7H2,(H,24,26)(H,25,27). The molecule has 0 radical (unpaired) electrons. The number of benzene rings is 2. The van der Waals surface area contributed by atoms with E-state index in [2.05, 4.69) is 20.6 Å². The van der Waals surface area contributed by atoms with Crippen molar-refractivity contribution in [3.05, 3.63) is 83.3 Å². The number of hydrogen-bond acceptors (Lipinski definition) is 4. The van der Waals surface area contributed by atoms with Gasteiger partial charge in [-0.05, 0) is 29.8 Å². The third-order valence-corrected chi connectivity index (χ3v) is 3.55. The lowest BCUT2D eigenvalue weighted by Crippen LogP contribution is -2.24. The lowest BCUT2D eigenvalue weighted by atomic mass is 10.2. The van der Waals surface area contributed by atoms with Crippen molar-refractivity contribution in [1.29, 1.82) is 0 Å². The number of amides is 1.